The zero-order chi connectivity index (χ0) is 15.7. The lowest BCUT2D eigenvalue weighted by Gasteiger charge is -2.40. The molecule has 0 aromatic carbocycles. The lowest BCUT2D eigenvalue weighted by Crippen LogP contribution is -2.46. The number of nitrogens with zero attached hydrogens (tertiary/aromatic N) is 1. The quantitative estimate of drug-likeness (QED) is 0.896. The van der Waals surface area contributed by atoms with Crippen LogP contribution in [0.4, 0.5) is 0 Å². The second kappa shape index (κ2) is 5.84. The van der Waals surface area contributed by atoms with Crippen LogP contribution < -0.4 is 5.32 Å². The number of aliphatic hydroxyl groups is 1. The predicted molar refractivity (Wildman–Crippen MR) is 84.3 cm³/mol. The second-order valence-electron chi connectivity index (χ2n) is 7.47. The average molecular weight is 292 g/mol. The molecule has 1 fully saturated rings. The maximum absolute atomic E-state index is 12.3. The predicted octanol–water partition coefficient (Wildman–Crippen LogP) is 3.13. The SMILES string of the molecule is CC(C)n1cccc1C(=O)NCC1(O)CCC(C)(C)CC1. The minimum Gasteiger partial charge on any atom is -0.388 e. The van der Waals surface area contributed by atoms with Gasteiger partial charge in [0.2, 0.25) is 0 Å². The van der Waals surface area contributed by atoms with Gasteiger partial charge < -0.3 is 15.0 Å². The number of carbonyl (C=O) groups excluding carboxylic acids is 1. The van der Waals surface area contributed by atoms with Crippen molar-refractivity contribution in [2.45, 2.75) is 65.0 Å². The van der Waals surface area contributed by atoms with E-state index < -0.39 is 5.60 Å². The van der Waals surface area contributed by atoms with Crippen LogP contribution in [0.3, 0.4) is 0 Å². The highest BCUT2D eigenvalue weighted by atomic mass is 16.3. The molecular formula is C17H28N2O2. The van der Waals surface area contributed by atoms with Crippen LogP contribution in [0, 0.1) is 5.41 Å². The van der Waals surface area contributed by atoms with Gasteiger partial charge in [-0.05, 0) is 57.1 Å². The van der Waals surface area contributed by atoms with E-state index in [0.717, 1.165) is 25.7 Å². The minimum absolute atomic E-state index is 0.105. The first-order valence-corrected chi connectivity index (χ1v) is 7.90. The standard InChI is InChI=1S/C17H28N2O2/c1-13(2)19-11-5-6-14(19)15(20)18-12-17(21)9-7-16(3,4)8-10-17/h5-6,11,13,21H,7-10,12H2,1-4H3,(H,18,20). The van der Waals surface area contributed by atoms with Gasteiger partial charge in [-0.1, -0.05) is 13.8 Å². The number of hydrogen-bond donors (Lipinski definition) is 2. The molecule has 1 aromatic heterocycles. The van der Waals surface area contributed by atoms with Crippen molar-refractivity contribution in [2.75, 3.05) is 6.54 Å². The summed E-state index contributed by atoms with van der Waals surface area (Å²) in [6, 6.07) is 3.95. The molecule has 1 aliphatic carbocycles. The van der Waals surface area contributed by atoms with Crippen LogP contribution in [0.1, 0.15) is 69.9 Å². The van der Waals surface area contributed by atoms with E-state index in [2.05, 4.69) is 19.2 Å². The van der Waals surface area contributed by atoms with Gasteiger partial charge in [-0.25, -0.2) is 0 Å². The monoisotopic (exact) mass is 292 g/mol. The van der Waals surface area contributed by atoms with E-state index in [1.165, 1.54) is 0 Å². The summed E-state index contributed by atoms with van der Waals surface area (Å²) in [7, 11) is 0. The first-order valence-electron chi connectivity index (χ1n) is 7.90. The molecule has 1 heterocycles. The molecule has 0 aliphatic heterocycles. The van der Waals surface area contributed by atoms with Gasteiger partial charge in [0.25, 0.3) is 5.91 Å². The van der Waals surface area contributed by atoms with Crippen molar-refractivity contribution >= 4 is 5.91 Å². The van der Waals surface area contributed by atoms with Crippen molar-refractivity contribution in [1.82, 2.24) is 9.88 Å². The summed E-state index contributed by atoms with van der Waals surface area (Å²) in [5.41, 5.74) is 0.216. The summed E-state index contributed by atoms with van der Waals surface area (Å²) >= 11 is 0. The fourth-order valence-corrected chi connectivity index (χ4v) is 2.94. The molecule has 4 heteroatoms. The molecule has 0 unspecified atom stereocenters. The van der Waals surface area contributed by atoms with Gasteiger partial charge in [0, 0.05) is 18.8 Å². The molecule has 118 valence electrons. The first-order chi connectivity index (χ1) is 9.72. The molecule has 2 rings (SSSR count). The highest BCUT2D eigenvalue weighted by Crippen LogP contribution is 2.39. The van der Waals surface area contributed by atoms with Crippen LogP contribution in [0.25, 0.3) is 0 Å². The third kappa shape index (κ3) is 3.88. The Morgan fingerprint density at radius 1 is 1.33 bits per heavy atom. The summed E-state index contributed by atoms with van der Waals surface area (Å²) in [6.45, 7) is 8.91. The van der Waals surface area contributed by atoms with Crippen molar-refractivity contribution in [3.05, 3.63) is 24.0 Å². The van der Waals surface area contributed by atoms with Crippen LogP contribution in [-0.4, -0.2) is 27.7 Å². The molecule has 1 saturated carbocycles. The van der Waals surface area contributed by atoms with Gasteiger partial charge in [0.05, 0.1) is 5.60 Å². The zero-order valence-corrected chi connectivity index (χ0v) is 13.6. The summed E-state index contributed by atoms with van der Waals surface area (Å²) in [5, 5.41) is 13.5. The maximum atomic E-state index is 12.3. The van der Waals surface area contributed by atoms with E-state index in [-0.39, 0.29) is 11.9 Å². The van der Waals surface area contributed by atoms with E-state index in [1.54, 1.807) is 0 Å². The number of amides is 1. The molecular weight excluding hydrogens is 264 g/mol. The molecule has 21 heavy (non-hydrogen) atoms. The minimum atomic E-state index is -0.750. The molecule has 0 saturated heterocycles. The Bertz CT molecular complexity index is 493. The van der Waals surface area contributed by atoms with Crippen molar-refractivity contribution in [3.8, 4) is 0 Å². The topological polar surface area (TPSA) is 54.3 Å². The molecule has 1 aliphatic rings. The molecule has 0 atom stereocenters. The van der Waals surface area contributed by atoms with Gasteiger partial charge in [-0.2, -0.15) is 0 Å². The number of hydrogen-bond acceptors (Lipinski definition) is 2. The van der Waals surface area contributed by atoms with Crippen molar-refractivity contribution < 1.29 is 9.90 Å². The average Bonchev–Trinajstić information content (AvgIpc) is 2.90. The van der Waals surface area contributed by atoms with Crippen molar-refractivity contribution in [2.24, 2.45) is 5.41 Å². The highest BCUT2D eigenvalue weighted by Gasteiger charge is 2.36. The Labute approximate surface area is 127 Å². The zero-order valence-electron chi connectivity index (χ0n) is 13.6. The summed E-state index contributed by atoms with van der Waals surface area (Å²) in [6.07, 6.45) is 5.43. The van der Waals surface area contributed by atoms with Crippen molar-refractivity contribution in [1.29, 1.82) is 0 Å². The first kappa shape index (κ1) is 16.1. The summed E-state index contributed by atoms with van der Waals surface area (Å²) in [4.78, 5) is 12.3. The van der Waals surface area contributed by atoms with E-state index in [0.29, 0.717) is 17.7 Å². The maximum Gasteiger partial charge on any atom is 0.268 e. The fraction of sp³-hybridized carbons (Fsp3) is 0.706. The summed E-state index contributed by atoms with van der Waals surface area (Å²) < 4.78 is 1.95. The van der Waals surface area contributed by atoms with Gasteiger partial charge in [-0.3, -0.25) is 4.79 Å². The van der Waals surface area contributed by atoms with Gasteiger partial charge in [0.15, 0.2) is 0 Å². The largest absolute Gasteiger partial charge is 0.388 e. The number of carbonyl (C=O) groups is 1. The van der Waals surface area contributed by atoms with Crippen LogP contribution in [0.15, 0.2) is 18.3 Å². The molecule has 0 spiro atoms. The normalized spacial score (nSPS) is 20.5. The second-order valence-corrected chi connectivity index (χ2v) is 7.47. The van der Waals surface area contributed by atoms with Crippen LogP contribution in [0.2, 0.25) is 0 Å². The number of rotatable bonds is 4. The highest BCUT2D eigenvalue weighted by molar-refractivity contribution is 5.92. The molecule has 1 aromatic rings. The van der Waals surface area contributed by atoms with E-state index in [9.17, 15) is 9.90 Å². The molecule has 0 bridgehead atoms. The summed E-state index contributed by atoms with van der Waals surface area (Å²) in [5.74, 6) is -0.105. The van der Waals surface area contributed by atoms with Gasteiger partial charge >= 0.3 is 0 Å². The van der Waals surface area contributed by atoms with Crippen LogP contribution in [0.5, 0.6) is 0 Å². The smallest absolute Gasteiger partial charge is 0.268 e. The molecule has 2 N–H and O–H groups in total. The fourth-order valence-electron chi connectivity index (χ4n) is 2.94. The Hall–Kier alpha value is -1.29. The van der Waals surface area contributed by atoms with Gasteiger partial charge in [0.1, 0.15) is 5.69 Å². The third-order valence-corrected chi connectivity index (χ3v) is 4.68. The Morgan fingerprint density at radius 2 is 1.95 bits per heavy atom. The Kier molecular flexibility index (Phi) is 4.47. The van der Waals surface area contributed by atoms with E-state index in [4.69, 9.17) is 0 Å². The molecule has 0 radical (unpaired) electrons. The molecule has 1 amide bonds. The lowest BCUT2D eigenvalue weighted by molar-refractivity contribution is -0.0233. The number of nitrogens with one attached hydrogen (secondary N) is 1. The van der Waals surface area contributed by atoms with Crippen LogP contribution >= 0.6 is 0 Å². The van der Waals surface area contributed by atoms with E-state index in [1.807, 2.05) is 36.7 Å². The lowest BCUT2D eigenvalue weighted by atomic mass is 9.71. The number of aromatic nitrogens is 1. The van der Waals surface area contributed by atoms with E-state index >= 15 is 0 Å². The molecule has 4 nitrogen and oxygen atoms in total. The van der Waals surface area contributed by atoms with Crippen LogP contribution in [-0.2, 0) is 0 Å². The Morgan fingerprint density at radius 3 is 2.52 bits per heavy atom. The third-order valence-electron chi connectivity index (χ3n) is 4.68. The van der Waals surface area contributed by atoms with Crippen molar-refractivity contribution in [3.63, 3.8) is 0 Å². The van der Waals surface area contributed by atoms with Gasteiger partial charge in [-0.15, -0.1) is 0 Å². The Balaban J connectivity index is 1.94.